The summed E-state index contributed by atoms with van der Waals surface area (Å²) in [5.41, 5.74) is 2.60. The number of benzene rings is 2. The predicted octanol–water partition coefficient (Wildman–Crippen LogP) is 5.32. The lowest BCUT2D eigenvalue weighted by molar-refractivity contribution is 0.242. The van der Waals surface area contributed by atoms with E-state index in [1.54, 1.807) is 12.1 Å². The van der Waals surface area contributed by atoms with Crippen LogP contribution in [0.5, 0.6) is 5.75 Å². The van der Waals surface area contributed by atoms with E-state index < -0.39 is 0 Å². The highest BCUT2D eigenvalue weighted by atomic mass is 35.5. The van der Waals surface area contributed by atoms with Crippen molar-refractivity contribution in [2.45, 2.75) is 20.0 Å². The van der Waals surface area contributed by atoms with Gasteiger partial charge in [0.2, 0.25) is 0 Å². The Labute approximate surface area is 132 Å². The van der Waals surface area contributed by atoms with Crippen molar-refractivity contribution in [1.82, 2.24) is 9.97 Å². The minimum Gasteiger partial charge on any atom is -0.491 e. The fourth-order valence-electron chi connectivity index (χ4n) is 2.13. The number of nitrogens with one attached hydrogen (secondary N) is 1. The second-order valence-corrected chi connectivity index (χ2v) is 5.88. The van der Waals surface area contributed by atoms with Gasteiger partial charge in [-0.25, -0.2) is 4.98 Å². The Balaban J connectivity index is 2.04. The number of ether oxygens (including phenoxy) is 1. The fraction of sp³-hybridized carbons (Fsp3) is 0.188. The van der Waals surface area contributed by atoms with Crippen LogP contribution in [0.3, 0.4) is 0 Å². The van der Waals surface area contributed by atoms with Crippen LogP contribution in [0.1, 0.15) is 13.8 Å². The molecule has 0 aliphatic rings. The van der Waals surface area contributed by atoms with Crippen LogP contribution in [0.4, 0.5) is 0 Å². The molecule has 0 atom stereocenters. The van der Waals surface area contributed by atoms with Gasteiger partial charge in [-0.3, -0.25) is 0 Å². The molecule has 3 nitrogen and oxygen atoms in total. The molecule has 0 radical (unpaired) electrons. The predicted molar refractivity (Wildman–Crippen MR) is 87.3 cm³/mol. The van der Waals surface area contributed by atoms with E-state index in [4.69, 9.17) is 27.9 Å². The molecule has 0 bridgehead atoms. The van der Waals surface area contributed by atoms with Crippen molar-refractivity contribution in [1.29, 1.82) is 0 Å². The molecule has 0 saturated heterocycles. The van der Waals surface area contributed by atoms with Gasteiger partial charge >= 0.3 is 0 Å². The fourth-order valence-corrected chi connectivity index (χ4v) is 2.45. The molecule has 0 spiro atoms. The lowest BCUT2D eigenvalue weighted by Crippen LogP contribution is -2.05. The zero-order valence-corrected chi connectivity index (χ0v) is 13.2. The Morgan fingerprint density at radius 2 is 1.86 bits per heavy atom. The Morgan fingerprint density at radius 1 is 1.10 bits per heavy atom. The van der Waals surface area contributed by atoms with E-state index in [1.165, 1.54) is 0 Å². The summed E-state index contributed by atoms with van der Waals surface area (Å²) in [4.78, 5) is 7.80. The number of hydrogen-bond acceptors (Lipinski definition) is 2. The van der Waals surface area contributed by atoms with Crippen molar-refractivity contribution in [2.75, 3.05) is 0 Å². The third-order valence-electron chi connectivity index (χ3n) is 3.00. The largest absolute Gasteiger partial charge is 0.491 e. The summed E-state index contributed by atoms with van der Waals surface area (Å²) >= 11 is 12.0. The molecule has 5 heteroatoms. The maximum absolute atomic E-state index is 6.03. The first-order valence-corrected chi connectivity index (χ1v) is 7.40. The van der Waals surface area contributed by atoms with Crippen molar-refractivity contribution >= 4 is 34.2 Å². The second kappa shape index (κ2) is 5.58. The number of aromatic amines is 1. The number of fused-ring (bicyclic) bond motifs is 1. The second-order valence-electron chi connectivity index (χ2n) is 5.06. The number of H-pyrrole nitrogens is 1. The number of rotatable bonds is 3. The van der Waals surface area contributed by atoms with Crippen molar-refractivity contribution in [3.8, 4) is 17.1 Å². The Kier molecular flexibility index (Phi) is 3.79. The van der Waals surface area contributed by atoms with Gasteiger partial charge in [0.1, 0.15) is 11.6 Å². The summed E-state index contributed by atoms with van der Waals surface area (Å²) in [6.45, 7) is 4.00. The van der Waals surface area contributed by atoms with Crippen LogP contribution >= 0.6 is 23.2 Å². The summed E-state index contributed by atoms with van der Waals surface area (Å²) in [6.07, 6.45) is 0.133. The van der Waals surface area contributed by atoms with Gasteiger partial charge in [-0.2, -0.15) is 0 Å². The molecule has 0 saturated carbocycles. The Bertz CT molecular complexity index is 757. The van der Waals surface area contributed by atoms with Crippen LogP contribution < -0.4 is 4.74 Å². The van der Waals surface area contributed by atoms with Crippen LogP contribution in [0, 0.1) is 0 Å². The monoisotopic (exact) mass is 320 g/mol. The Morgan fingerprint density at radius 3 is 2.62 bits per heavy atom. The van der Waals surface area contributed by atoms with E-state index in [-0.39, 0.29) is 6.10 Å². The summed E-state index contributed by atoms with van der Waals surface area (Å²) in [6, 6.07) is 11.4. The molecule has 0 fully saturated rings. The van der Waals surface area contributed by atoms with Crippen molar-refractivity contribution in [3.05, 3.63) is 46.4 Å². The van der Waals surface area contributed by atoms with Gasteiger partial charge in [0.05, 0.1) is 27.2 Å². The molecule has 108 valence electrons. The zero-order valence-electron chi connectivity index (χ0n) is 11.7. The Hall–Kier alpha value is -1.71. The van der Waals surface area contributed by atoms with Crippen LogP contribution in [-0.2, 0) is 0 Å². The average Bonchev–Trinajstić information content (AvgIpc) is 2.82. The minimum atomic E-state index is 0.133. The molecule has 0 amide bonds. The highest BCUT2D eigenvalue weighted by molar-refractivity contribution is 6.42. The van der Waals surface area contributed by atoms with Crippen molar-refractivity contribution in [3.63, 3.8) is 0 Å². The lowest BCUT2D eigenvalue weighted by Gasteiger charge is -2.10. The van der Waals surface area contributed by atoms with Crippen LogP contribution in [0.25, 0.3) is 22.4 Å². The standard InChI is InChI=1S/C16H14Cl2N2O/c1-9(2)21-11-5-3-4-10(6-11)16-19-14-7-12(17)13(18)8-15(14)20-16/h3-9H,1-2H3,(H,19,20). The smallest absolute Gasteiger partial charge is 0.138 e. The van der Waals surface area contributed by atoms with Gasteiger partial charge in [-0.1, -0.05) is 35.3 Å². The van der Waals surface area contributed by atoms with E-state index in [2.05, 4.69) is 9.97 Å². The summed E-state index contributed by atoms with van der Waals surface area (Å²) < 4.78 is 5.70. The first kappa shape index (κ1) is 14.2. The summed E-state index contributed by atoms with van der Waals surface area (Å²) in [5.74, 6) is 1.58. The maximum atomic E-state index is 6.03. The SMILES string of the molecule is CC(C)Oc1cccc(-c2nc3cc(Cl)c(Cl)cc3[nH]2)c1. The van der Waals surface area contributed by atoms with Crippen molar-refractivity contribution in [2.24, 2.45) is 0 Å². The average molecular weight is 321 g/mol. The third-order valence-corrected chi connectivity index (χ3v) is 3.73. The zero-order chi connectivity index (χ0) is 15.0. The molecular formula is C16H14Cl2N2O. The topological polar surface area (TPSA) is 37.9 Å². The first-order chi connectivity index (χ1) is 10.0. The van der Waals surface area contributed by atoms with E-state index >= 15 is 0 Å². The van der Waals surface area contributed by atoms with Crippen molar-refractivity contribution < 1.29 is 4.74 Å². The minimum absolute atomic E-state index is 0.133. The van der Waals surface area contributed by atoms with E-state index in [0.29, 0.717) is 10.0 Å². The van der Waals surface area contributed by atoms with E-state index in [9.17, 15) is 0 Å². The number of aromatic nitrogens is 2. The molecule has 1 heterocycles. The highest BCUT2D eigenvalue weighted by Crippen LogP contribution is 2.29. The lowest BCUT2D eigenvalue weighted by atomic mass is 10.2. The molecular weight excluding hydrogens is 307 g/mol. The molecule has 2 aromatic carbocycles. The third kappa shape index (κ3) is 2.99. The van der Waals surface area contributed by atoms with Gasteiger partial charge in [-0.15, -0.1) is 0 Å². The maximum Gasteiger partial charge on any atom is 0.138 e. The number of halogens is 2. The van der Waals surface area contributed by atoms with Gasteiger partial charge in [-0.05, 0) is 38.1 Å². The molecule has 0 aliphatic heterocycles. The van der Waals surface area contributed by atoms with Gasteiger partial charge < -0.3 is 9.72 Å². The van der Waals surface area contributed by atoms with Crippen LogP contribution in [-0.4, -0.2) is 16.1 Å². The number of hydrogen-bond donors (Lipinski definition) is 1. The van der Waals surface area contributed by atoms with Gasteiger partial charge in [0.25, 0.3) is 0 Å². The van der Waals surface area contributed by atoms with E-state index in [1.807, 2.05) is 38.1 Å². The molecule has 1 aromatic heterocycles. The molecule has 0 unspecified atom stereocenters. The van der Waals surface area contributed by atoms with Crippen LogP contribution in [0.2, 0.25) is 10.0 Å². The summed E-state index contributed by atoms with van der Waals surface area (Å²) in [7, 11) is 0. The molecule has 21 heavy (non-hydrogen) atoms. The molecule has 0 aliphatic carbocycles. The van der Waals surface area contributed by atoms with Crippen LogP contribution in [0.15, 0.2) is 36.4 Å². The highest BCUT2D eigenvalue weighted by Gasteiger charge is 2.09. The number of nitrogens with zero attached hydrogens (tertiary/aromatic N) is 1. The van der Waals surface area contributed by atoms with Gasteiger partial charge in [0, 0.05) is 5.56 Å². The molecule has 3 rings (SSSR count). The normalized spacial score (nSPS) is 11.3. The molecule has 3 aromatic rings. The van der Waals surface area contributed by atoms with Gasteiger partial charge in [0.15, 0.2) is 0 Å². The quantitative estimate of drug-likeness (QED) is 0.708. The van der Waals surface area contributed by atoms with E-state index in [0.717, 1.165) is 28.2 Å². The first-order valence-electron chi connectivity index (χ1n) is 6.65. The number of imidazole rings is 1. The summed E-state index contributed by atoms with van der Waals surface area (Å²) in [5, 5.41) is 1.01. The molecule has 1 N–H and O–H groups in total.